The van der Waals surface area contributed by atoms with Crippen molar-refractivity contribution in [3.05, 3.63) is 29.8 Å². The molecular formula is C18H31N3O2. The summed E-state index contributed by atoms with van der Waals surface area (Å²) in [6, 6.07) is 7.75. The van der Waals surface area contributed by atoms with Gasteiger partial charge in [0.05, 0.1) is 6.10 Å². The van der Waals surface area contributed by atoms with Crippen LogP contribution >= 0.6 is 0 Å². The molecule has 0 bridgehead atoms. The average molecular weight is 321 g/mol. The molecular weight excluding hydrogens is 290 g/mol. The number of carbonyl (C=O) groups excluding carboxylic acids is 1. The fourth-order valence-corrected chi connectivity index (χ4v) is 2.22. The van der Waals surface area contributed by atoms with Gasteiger partial charge in [0.25, 0.3) is 0 Å². The van der Waals surface area contributed by atoms with Gasteiger partial charge in [-0.2, -0.15) is 0 Å². The molecule has 5 heteroatoms. The van der Waals surface area contributed by atoms with Gasteiger partial charge in [-0.3, -0.25) is 0 Å². The van der Waals surface area contributed by atoms with Gasteiger partial charge in [0.1, 0.15) is 0 Å². The molecule has 0 aromatic heterocycles. The van der Waals surface area contributed by atoms with E-state index in [1.807, 2.05) is 45.3 Å². The Kier molecular flexibility index (Phi) is 8.66. The molecule has 1 aromatic rings. The van der Waals surface area contributed by atoms with Crippen molar-refractivity contribution in [2.24, 2.45) is 0 Å². The summed E-state index contributed by atoms with van der Waals surface area (Å²) in [4.78, 5) is 14.1. The number of nitrogens with zero attached hydrogens (tertiary/aromatic N) is 1. The van der Waals surface area contributed by atoms with Crippen LogP contribution in [0.1, 0.15) is 38.7 Å². The Morgan fingerprint density at radius 2 is 1.87 bits per heavy atom. The first-order valence-electron chi connectivity index (χ1n) is 8.33. The Morgan fingerprint density at radius 1 is 1.22 bits per heavy atom. The zero-order valence-electron chi connectivity index (χ0n) is 15.1. The maximum absolute atomic E-state index is 12.0. The Hall–Kier alpha value is -1.59. The molecule has 0 saturated carbocycles. The third kappa shape index (κ3) is 8.00. The lowest BCUT2D eigenvalue weighted by atomic mass is 10.0. The maximum atomic E-state index is 12.0. The van der Waals surface area contributed by atoms with E-state index in [0.29, 0.717) is 19.1 Å². The topological polar surface area (TPSA) is 53.6 Å². The van der Waals surface area contributed by atoms with Crippen LogP contribution in [0.2, 0.25) is 0 Å². The number of rotatable bonds is 9. The number of nitrogens with one attached hydrogen (secondary N) is 2. The lowest BCUT2D eigenvalue weighted by Crippen LogP contribution is -2.37. The molecule has 1 rings (SSSR count). The highest BCUT2D eigenvalue weighted by Gasteiger charge is 2.11. The van der Waals surface area contributed by atoms with E-state index in [1.165, 1.54) is 5.56 Å². The number of benzene rings is 1. The monoisotopic (exact) mass is 321 g/mol. The quantitative estimate of drug-likeness (QED) is 0.734. The van der Waals surface area contributed by atoms with Crippen LogP contribution in [-0.4, -0.2) is 50.8 Å². The molecule has 2 amide bonds. The zero-order chi connectivity index (χ0) is 17.2. The second-order valence-corrected chi connectivity index (χ2v) is 6.28. The summed E-state index contributed by atoms with van der Waals surface area (Å²) in [7, 11) is 4.06. The number of hydrogen-bond donors (Lipinski definition) is 2. The highest BCUT2D eigenvalue weighted by molar-refractivity contribution is 5.89. The van der Waals surface area contributed by atoms with Crippen molar-refractivity contribution in [2.45, 2.75) is 39.2 Å². The molecule has 23 heavy (non-hydrogen) atoms. The van der Waals surface area contributed by atoms with E-state index in [9.17, 15) is 4.79 Å². The molecule has 0 aliphatic rings. The van der Waals surface area contributed by atoms with Crippen molar-refractivity contribution in [1.29, 1.82) is 0 Å². The van der Waals surface area contributed by atoms with Gasteiger partial charge < -0.3 is 20.3 Å². The molecule has 0 heterocycles. The number of ether oxygens (including phenoxy) is 1. The van der Waals surface area contributed by atoms with Crippen LogP contribution < -0.4 is 10.6 Å². The van der Waals surface area contributed by atoms with E-state index in [1.54, 1.807) is 0 Å². The summed E-state index contributed by atoms with van der Waals surface area (Å²) < 4.78 is 5.67. The minimum atomic E-state index is -0.197. The summed E-state index contributed by atoms with van der Waals surface area (Å²) in [6.45, 7) is 8.37. The molecule has 0 saturated heterocycles. The maximum Gasteiger partial charge on any atom is 0.319 e. The first-order chi connectivity index (χ1) is 10.9. The second kappa shape index (κ2) is 10.2. The fourth-order valence-electron chi connectivity index (χ4n) is 2.22. The van der Waals surface area contributed by atoms with Gasteiger partial charge in [0.15, 0.2) is 0 Å². The number of urea groups is 1. The van der Waals surface area contributed by atoms with Gasteiger partial charge in [-0.15, -0.1) is 0 Å². The second-order valence-electron chi connectivity index (χ2n) is 6.28. The van der Waals surface area contributed by atoms with Gasteiger partial charge >= 0.3 is 6.03 Å². The summed E-state index contributed by atoms with van der Waals surface area (Å²) in [5.41, 5.74) is 2.06. The van der Waals surface area contributed by atoms with Crippen LogP contribution in [0.25, 0.3) is 0 Å². The summed E-state index contributed by atoms with van der Waals surface area (Å²) in [5, 5.41) is 5.74. The summed E-state index contributed by atoms with van der Waals surface area (Å²) in [6.07, 6.45) is 0.931. The zero-order valence-corrected chi connectivity index (χ0v) is 15.1. The van der Waals surface area contributed by atoms with Gasteiger partial charge in [-0.05, 0) is 51.1 Å². The number of carbonyl (C=O) groups is 1. The fraction of sp³-hybridized carbons (Fsp3) is 0.611. The molecule has 2 N–H and O–H groups in total. The predicted molar refractivity (Wildman–Crippen MR) is 96.1 cm³/mol. The molecule has 0 aliphatic carbocycles. The Labute approximate surface area is 140 Å². The number of amides is 2. The average Bonchev–Trinajstić information content (AvgIpc) is 2.50. The SMILES string of the molecule is CCO[C@@H](CCN(C)C)CNC(=O)Nc1ccc(C(C)C)cc1. The van der Waals surface area contributed by atoms with E-state index >= 15 is 0 Å². The molecule has 0 aliphatic heterocycles. The van der Waals surface area contributed by atoms with E-state index in [4.69, 9.17) is 4.74 Å². The van der Waals surface area contributed by atoms with Crippen LogP contribution in [0.5, 0.6) is 0 Å². The third-order valence-electron chi connectivity index (χ3n) is 3.63. The molecule has 5 nitrogen and oxygen atoms in total. The molecule has 130 valence electrons. The van der Waals surface area contributed by atoms with Crippen LogP contribution in [0.15, 0.2) is 24.3 Å². The minimum Gasteiger partial charge on any atom is -0.377 e. The Bertz CT molecular complexity index is 458. The van der Waals surface area contributed by atoms with Gasteiger partial charge in [-0.25, -0.2) is 4.79 Å². The van der Waals surface area contributed by atoms with Crippen molar-refractivity contribution < 1.29 is 9.53 Å². The third-order valence-corrected chi connectivity index (χ3v) is 3.63. The van der Waals surface area contributed by atoms with Crippen molar-refractivity contribution >= 4 is 11.7 Å². The molecule has 0 spiro atoms. The van der Waals surface area contributed by atoms with Crippen LogP contribution in [0.4, 0.5) is 10.5 Å². The smallest absolute Gasteiger partial charge is 0.319 e. The minimum absolute atomic E-state index is 0.0384. The highest BCUT2D eigenvalue weighted by Crippen LogP contribution is 2.16. The van der Waals surface area contributed by atoms with Gasteiger partial charge in [0.2, 0.25) is 0 Å². The Morgan fingerprint density at radius 3 is 2.39 bits per heavy atom. The van der Waals surface area contributed by atoms with Crippen molar-refractivity contribution in [2.75, 3.05) is 39.1 Å². The van der Waals surface area contributed by atoms with E-state index in [-0.39, 0.29) is 12.1 Å². The highest BCUT2D eigenvalue weighted by atomic mass is 16.5. The molecule has 0 fully saturated rings. The predicted octanol–water partition coefficient (Wildman–Crippen LogP) is 3.29. The largest absolute Gasteiger partial charge is 0.377 e. The normalized spacial score (nSPS) is 12.5. The molecule has 1 atom stereocenters. The molecule has 1 aromatic carbocycles. The standard InChI is InChI=1S/C18H31N3O2/c1-6-23-17(11-12-21(4)5)13-19-18(22)20-16-9-7-15(8-10-16)14(2)3/h7-10,14,17H,6,11-13H2,1-5H3,(H2,19,20,22)/t17-/m0/s1. The summed E-state index contributed by atoms with van der Waals surface area (Å²) >= 11 is 0. The van der Waals surface area contributed by atoms with Crippen LogP contribution in [-0.2, 0) is 4.74 Å². The van der Waals surface area contributed by atoms with Crippen molar-refractivity contribution in [1.82, 2.24) is 10.2 Å². The number of anilines is 1. The van der Waals surface area contributed by atoms with E-state index in [2.05, 4.69) is 29.4 Å². The van der Waals surface area contributed by atoms with Crippen molar-refractivity contribution in [3.8, 4) is 0 Å². The Balaban J connectivity index is 2.41. The van der Waals surface area contributed by atoms with Crippen molar-refractivity contribution in [3.63, 3.8) is 0 Å². The van der Waals surface area contributed by atoms with Gasteiger partial charge in [-0.1, -0.05) is 26.0 Å². The summed E-state index contributed by atoms with van der Waals surface area (Å²) in [5.74, 6) is 0.488. The first kappa shape index (κ1) is 19.5. The van der Waals surface area contributed by atoms with Crippen LogP contribution in [0.3, 0.4) is 0 Å². The lowest BCUT2D eigenvalue weighted by molar-refractivity contribution is 0.0538. The van der Waals surface area contributed by atoms with E-state index < -0.39 is 0 Å². The molecule has 0 radical (unpaired) electrons. The first-order valence-corrected chi connectivity index (χ1v) is 8.33. The lowest BCUT2D eigenvalue weighted by Gasteiger charge is -2.20. The molecule has 0 unspecified atom stereocenters. The number of hydrogen-bond acceptors (Lipinski definition) is 3. The van der Waals surface area contributed by atoms with Gasteiger partial charge in [0, 0.05) is 25.4 Å². The van der Waals surface area contributed by atoms with E-state index in [0.717, 1.165) is 18.7 Å². The van der Waals surface area contributed by atoms with Crippen LogP contribution in [0, 0.1) is 0 Å².